The molecule has 1 fully saturated rings. The number of halogens is 1. The number of carbonyl (C=O) groups excluding carboxylic acids is 1. The molecule has 1 aliphatic heterocycles. The van der Waals surface area contributed by atoms with E-state index in [0.29, 0.717) is 42.4 Å². The van der Waals surface area contributed by atoms with Gasteiger partial charge in [-0.15, -0.1) is 0 Å². The molecular formula is C23H29ClN2O3S. The van der Waals surface area contributed by atoms with Crippen molar-refractivity contribution in [1.82, 2.24) is 4.31 Å². The third kappa shape index (κ3) is 5.23. The summed E-state index contributed by atoms with van der Waals surface area (Å²) in [5, 5.41) is 3.56. The lowest BCUT2D eigenvalue weighted by Crippen LogP contribution is -2.42. The zero-order valence-corrected chi connectivity index (χ0v) is 19.3. The number of amides is 1. The second-order valence-electron chi connectivity index (χ2n) is 8.20. The molecule has 0 spiro atoms. The first kappa shape index (κ1) is 22.8. The Morgan fingerprint density at radius 2 is 1.80 bits per heavy atom. The largest absolute Gasteiger partial charge is 0.325 e. The molecular weight excluding hydrogens is 420 g/mol. The van der Waals surface area contributed by atoms with E-state index in [9.17, 15) is 13.2 Å². The quantitative estimate of drug-likeness (QED) is 0.679. The zero-order valence-electron chi connectivity index (χ0n) is 17.7. The van der Waals surface area contributed by atoms with E-state index >= 15 is 0 Å². The number of aryl methyl sites for hydroxylation is 1. The number of rotatable bonds is 6. The van der Waals surface area contributed by atoms with Crippen molar-refractivity contribution in [2.75, 3.05) is 18.4 Å². The molecule has 0 aliphatic carbocycles. The first-order chi connectivity index (χ1) is 14.2. The highest BCUT2D eigenvalue weighted by Crippen LogP contribution is 2.30. The van der Waals surface area contributed by atoms with Gasteiger partial charge in [0.2, 0.25) is 15.9 Å². The van der Waals surface area contributed by atoms with Gasteiger partial charge in [0.25, 0.3) is 0 Å². The SMILES string of the molecule is Cc1cccc(C(C)C)c1NC(=O)C1CCN(S(=O)(=O)Cc2ccccc2Cl)CC1. The number of benzene rings is 2. The van der Waals surface area contributed by atoms with Crippen LogP contribution in [-0.4, -0.2) is 31.7 Å². The van der Waals surface area contributed by atoms with E-state index in [-0.39, 0.29) is 17.6 Å². The Bertz CT molecular complexity index is 1010. The molecule has 162 valence electrons. The Morgan fingerprint density at radius 3 is 2.43 bits per heavy atom. The lowest BCUT2D eigenvalue weighted by Gasteiger charge is -2.31. The molecule has 3 rings (SSSR count). The Balaban J connectivity index is 1.63. The molecule has 1 amide bonds. The number of nitrogens with one attached hydrogen (secondary N) is 1. The molecule has 0 bridgehead atoms. The van der Waals surface area contributed by atoms with E-state index in [2.05, 4.69) is 19.2 Å². The maximum Gasteiger partial charge on any atom is 0.227 e. The van der Waals surface area contributed by atoms with Crippen molar-refractivity contribution in [3.63, 3.8) is 0 Å². The number of anilines is 1. The van der Waals surface area contributed by atoms with Gasteiger partial charge < -0.3 is 5.32 Å². The van der Waals surface area contributed by atoms with Crippen LogP contribution < -0.4 is 5.32 Å². The van der Waals surface area contributed by atoms with E-state index in [1.165, 1.54) is 4.31 Å². The van der Waals surface area contributed by atoms with Gasteiger partial charge in [-0.2, -0.15) is 0 Å². The summed E-state index contributed by atoms with van der Waals surface area (Å²) in [6.45, 7) is 6.89. The average molecular weight is 449 g/mol. The Hall–Kier alpha value is -1.89. The second-order valence-corrected chi connectivity index (χ2v) is 10.6. The van der Waals surface area contributed by atoms with Crippen LogP contribution in [0.5, 0.6) is 0 Å². The van der Waals surface area contributed by atoms with Gasteiger partial charge in [0.15, 0.2) is 0 Å². The fraction of sp³-hybridized carbons (Fsp3) is 0.435. The molecule has 1 saturated heterocycles. The van der Waals surface area contributed by atoms with Crippen molar-refractivity contribution in [2.45, 2.75) is 45.3 Å². The van der Waals surface area contributed by atoms with E-state index in [1.54, 1.807) is 24.3 Å². The van der Waals surface area contributed by atoms with Crippen molar-refractivity contribution >= 4 is 33.2 Å². The average Bonchev–Trinajstić information content (AvgIpc) is 2.71. The predicted octanol–water partition coefficient (Wildman–Crippen LogP) is 4.95. The number of nitrogens with zero attached hydrogens (tertiary/aromatic N) is 1. The number of piperidine rings is 1. The van der Waals surface area contributed by atoms with Gasteiger partial charge >= 0.3 is 0 Å². The van der Waals surface area contributed by atoms with Crippen LogP contribution in [0, 0.1) is 12.8 Å². The zero-order chi connectivity index (χ0) is 21.9. The van der Waals surface area contributed by atoms with Crippen LogP contribution in [0.2, 0.25) is 5.02 Å². The fourth-order valence-electron chi connectivity index (χ4n) is 3.87. The molecule has 0 radical (unpaired) electrons. The van der Waals surface area contributed by atoms with Crippen LogP contribution in [0.4, 0.5) is 5.69 Å². The topological polar surface area (TPSA) is 66.5 Å². The molecule has 0 atom stereocenters. The van der Waals surface area contributed by atoms with Crippen LogP contribution in [0.1, 0.15) is 49.3 Å². The number of carbonyl (C=O) groups is 1. The molecule has 5 nitrogen and oxygen atoms in total. The molecule has 1 heterocycles. The van der Waals surface area contributed by atoms with Crippen molar-refractivity contribution in [3.8, 4) is 0 Å². The van der Waals surface area contributed by atoms with Crippen molar-refractivity contribution in [2.24, 2.45) is 5.92 Å². The molecule has 0 aromatic heterocycles. The highest BCUT2D eigenvalue weighted by atomic mass is 35.5. The van der Waals surface area contributed by atoms with Crippen LogP contribution >= 0.6 is 11.6 Å². The van der Waals surface area contributed by atoms with Gasteiger partial charge in [-0.3, -0.25) is 4.79 Å². The third-order valence-electron chi connectivity index (χ3n) is 5.69. The summed E-state index contributed by atoms with van der Waals surface area (Å²) >= 11 is 6.12. The lowest BCUT2D eigenvalue weighted by molar-refractivity contribution is -0.120. The minimum atomic E-state index is -3.47. The summed E-state index contributed by atoms with van der Waals surface area (Å²) in [5.74, 6) is -0.0486. The number of hydrogen-bond donors (Lipinski definition) is 1. The van der Waals surface area contributed by atoms with E-state index in [0.717, 1.165) is 16.8 Å². The molecule has 0 saturated carbocycles. The maximum absolute atomic E-state index is 12.9. The Labute approximate surface area is 184 Å². The molecule has 7 heteroatoms. The van der Waals surface area contributed by atoms with Gasteiger partial charge in [-0.25, -0.2) is 12.7 Å². The van der Waals surface area contributed by atoms with Crippen molar-refractivity contribution in [1.29, 1.82) is 0 Å². The van der Waals surface area contributed by atoms with Gasteiger partial charge in [0, 0.05) is 29.7 Å². The van der Waals surface area contributed by atoms with Crippen LogP contribution in [0.3, 0.4) is 0 Å². The second kappa shape index (κ2) is 9.50. The Morgan fingerprint density at radius 1 is 1.13 bits per heavy atom. The number of para-hydroxylation sites is 1. The van der Waals surface area contributed by atoms with Gasteiger partial charge in [0.1, 0.15) is 0 Å². The first-order valence-electron chi connectivity index (χ1n) is 10.3. The summed E-state index contributed by atoms with van der Waals surface area (Å²) in [6, 6.07) is 13.0. The lowest BCUT2D eigenvalue weighted by atomic mass is 9.95. The molecule has 1 N–H and O–H groups in total. The van der Waals surface area contributed by atoms with E-state index < -0.39 is 10.0 Å². The summed E-state index contributed by atoms with van der Waals surface area (Å²) in [7, 11) is -3.47. The highest BCUT2D eigenvalue weighted by Gasteiger charge is 2.32. The van der Waals surface area contributed by atoms with Crippen LogP contribution in [0.25, 0.3) is 0 Å². The predicted molar refractivity (Wildman–Crippen MR) is 122 cm³/mol. The number of sulfonamides is 1. The molecule has 2 aromatic rings. The van der Waals surface area contributed by atoms with E-state index in [4.69, 9.17) is 11.6 Å². The Kier molecular flexibility index (Phi) is 7.22. The minimum absolute atomic E-state index is 0.0330. The van der Waals surface area contributed by atoms with Crippen LogP contribution in [-0.2, 0) is 20.6 Å². The maximum atomic E-state index is 12.9. The highest BCUT2D eigenvalue weighted by molar-refractivity contribution is 7.88. The molecule has 0 unspecified atom stereocenters. The first-order valence-corrected chi connectivity index (χ1v) is 12.3. The van der Waals surface area contributed by atoms with E-state index in [1.807, 2.05) is 25.1 Å². The van der Waals surface area contributed by atoms with Gasteiger partial charge in [0.05, 0.1) is 5.75 Å². The summed E-state index contributed by atoms with van der Waals surface area (Å²) in [4.78, 5) is 12.9. The van der Waals surface area contributed by atoms with Crippen LogP contribution in [0.15, 0.2) is 42.5 Å². The fourth-order valence-corrected chi connectivity index (χ4v) is 5.74. The third-order valence-corrected chi connectivity index (χ3v) is 7.89. The number of hydrogen-bond acceptors (Lipinski definition) is 3. The van der Waals surface area contributed by atoms with Crippen molar-refractivity contribution < 1.29 is 13.2 Å². The van der Waals surface area contributed by atoms with Gasteiger partial charge in [-0.05, 0) is 48.4 Å². The van der Waals surface area contributed by atoms with Crippen molar-refractivity contribution in [3.05, 3.63) is 64.2 Å². The standard InChI is InChI=1S/C23H29ClN2O3S/c1-16(2)20-9-6-7-17(3)22(20)25-23(27)18-11-13-26(14-12-18)30(28,29)15-19-8-4-5-10-21(19)24/h4-10,16,18H,11-15H2,1-3H3,(H,25,27). The van der Waals surface area contributed by atoms with Gasteiger partial charge in [-0.1, -0.05) is 61.8 Å². The molecule has 1 aliphatic rings. The summed E-state index contributed by atoms with van der Waals surface area (Å²) in [5.41, 5.74) is 3.63. The smallest absolute Gasteiger partial charge is 0.227 e. The summed E-state index contributed by atoms with van der Waals surface area (Å²) < 4.78 is 27.1. The molecule has 30 heavy (non-hydrogen) atoms. The normalized spacial score (nSPS) is 16.0. The monoisotopic (exact) mass is 448 g/mol. The molecule has 2 aromatic carbocycles. The summed E-state index contributed by atoms with van der Waals surface area (Å²) in [6.07, 6.45) is 1.02. The minimum Gasteiger partial charge on any atom is -0.325 e.